The van der Waals surface area contributed by atoms with Gasteiger partial charge in [-0.25, -0.2) is 0 Å². The second kappa shape index (κ2) is 6.33. The first kappa shape index (κ1) is 15.8. The molecule has 0 saturated heterocycles. The molecule has 26 heavy (non-hydrogen) atoms. The molecule has 0 spiro atoms. The lowest BCUT2D eigenvalue weighted by atomic mass is 9.86. The summed E-state index contributed by atoms with van der Waals surface area (Å²) in [7, 11) is 0. The van der Waals surface area contributed by atoms with Crippen molar-refractivity contribution in [2.45, 2.75) is 12.8 Å². The highest BCUT2D eigenvalue weighted by Gasteiger charge is 2.37. The van der Waals surface area contributed by atoms with E-state index in [9.17, 15) is 5.26 Å². The zero-order valence-corrected chi connectivity index (χ0v) is 14.0. The van der Waals surface area contributed by atoms with E-state index in [1.54, 1.807) is 18.4 Å². The minimum Gasteiger partial charge on any atom is -0.494 e. The normalized spacial score (nSPS) is 15.9. The van der Waals surface area contributed by atoms with Crippen LogP contribution in [0.1, 0.15) is 24.2 Å². The number of aromatic amines is 1. The lowest BCUT2D eigenvalue weighted by Gasteiger charge is -2.22. The molecule has 4 rings (SSSR count). The molecule has 1 aromatic carbocycles. The van der Waals surface area contributed by atoms with Gasteiger partial charge in [-0.15, -0.1) is 5.10 Å². The summed E-state index contributed by atoms with van der Waals surface area (Å²) in [6, 6.07) is 13.3. The van der Waals surface area contributed by atoms with Crippen LogP contribution in [0.3, 0.4) is 0 Å². The van der Waals surface area contributed by atoms with Gasteiger partial charge in [0.05, 0.1) is 30.0 Å². The largest absolute Gasteiger partial charge is 0.494 e. The molecule has 1 unspecified atom stereocenters. The summed E-state index contributed by atoms with van der Waals surface area (Å²) in [5.41, 5.74) is 8.56. The van der Waals surface area contributed by atoms with Crippen LogP contribution in [0.4, 0.5) is 0 Å². The number of allylic oxidation sites excluding steroid dienone is 1. The van der Waals surface area contributed by atoms with Gasteiger partial charge in [0.1, 0.15) is 23.2 Å². The average molecular weight is 348 g/mol. The number of rotatable bonds is 4. The molecule has 0 radical (unpaired) electrons. The SMILES string of the molecule is CCOc1ccc(-c2[nH]nc3c2C(c2ccco2)C(C#N)=C(N)O3)cc1. The Morgan fingerprint density at radius 2 is 2.12 bits per heavy atom. The van der Waals surface area contributed by atoms with E-state index in [2.05, 4.69) is 16.3 Å². The van der Waals surface area contributed by atoms with Crippen molar-refractivity contribution in [3.05, 3.63) is 65.4 Å². The van der Waals surface area contributed by atoms with Gasteiger partial charge in [-0.05, 0) is 43.3 Å². The second-order valence-electron chi connectivity index (χ2n) is 5.72. The molecular formula is C19H16N4O3. The van der Waals surface area contributed by atoms with Crippen molar-refractivity contribution in [1.29, 1.82) is 5.26 Å². The number of nitrogens with two attached hydrogens (primary N) is 1. The fourth-order valence-corrected chi connectivity index (χ4v) is 3.09. The number of fused-ring (bicyclic) bond motifs is 1. The second-order valence-corrected chi connectivity index (χ2v) is 5.72. The number of nitriles is 1. The van der Waals surface area contributed by atoms with Crippen molar-refractivity contribution in [1.82, 2.24) is 10.2 Å². The van der Waals surface area contributed by atoms with Crippen LogP contribution in [0.5, 0.6) is 11.6 Å². The van der Waals surface area contributed by atoms with Gasteiger partial charge in [0, 0.05) is 5.56 Å². The molecule has 3 aromatic rings. The summed E-state index contributed by atoms with van der Waals surface area (Å²) in [5.74, 6) is 1.27. The fourth-order valence-electron chi connectivity index (χ4n) is 3.09. The maximum Gasteiger partial charge on any atom is 0.244 e. The first-order valence-corrected chi connectivity index (χ1v) is 8.15. The van der Waals surface area contributed by atoms with Gasteiger partial charge >= 0.3 is 0 Å². The van der Waals surface area contributed by atoms with Crippen molar-refractivity contribution >= 4 is 0 Å². The summed E-state index contributed by atoms with van der Waals surface area (Å²) in [5, 5.41) is 16.8. The Morgan fingerprint density at radius 1 is 1.31 bits per heavy atom. The summed E-state index contributed by atoms with van der Waals surface area (Å²) in [6.07, 6.45) is 1.56. The molecule has 0 saturated carbocycles. The summed E-state index contributed by atoms with van der Waals surface area (Å²) >= 11 is 0. The standard InChI is InChI=1S/C19H16N4O3/c1-2-24-12-7-5-11(6-8-12)17-16-15(14-4-3-9-25-14)13(10-20)18(21)26-19(16)23-22-17/h3-9,15H,2,21H2,1H3,(H,22,23). The average Bonchev–Trinajstić information content (AvgIpc) is 3.31. The van der Waals surface area contributed by atoms with Gasteiger partial charge in [-0.3, -0.25) is 5.10 Å². The monoisotopic (exact) mass is 348 g/mol. The summed E-state index contributed by atoms with van der Waals surface area (Å²) < 4.78 is 16.6. The molecule has 0 fully saturated rings. The van der Waals surface area contributed by atoms with Gasteiger partial charge in [-0.1, -0.05) is 0 Å². The fraction of sp³-hybridized carbons (Fsp3) is 0.158. The van der Waals surface area contributed by atoms with Gasteiger partial charge in [0.15, 0.2) is 0 Å². The molecule has 0 bridgehead atoms. The van der Waals surface area contributed by atoms with Gasteiger partial charge in [-0.2, -0.15) is 5.26 Å². The van der Waals surface area contributed by atoms with Gasteiger partial charge < -0.3 is 19.6 Å². The molecular weight excluding hydrogens is 332 g/mol. The van der Waals surface area contributed by atoms with E-state index in [1.165, 1.54) is 0 Å². The first-order chi connectivity index (χ1) is 12.7. The predicted molar refractivity (Wildman–Crippen MR) is 93.2 cm³/mol. The number of hydrogen-bond acceptors (Lipinski definition) is 6. The number of nitrogens with one attached hydrogen (secondary N) is 1. The molecule has 1 aliphatic heterocycles. The molecule has 1 atom stereocenters. The zero-order valence-electron chi connectivity index (χ0n) is 14.0. The number of aromatic nitrogens is 2. The Balaban J connectivity index is 1.84. The van der Waals surface area contributed by atoms with E-state index >= 15 is 0 Å². The maximum absolute atomic E-state index is 9.59. The smallest absolute Gasteiger partial charge is 0.244 e. The number of nitrogens with zero attached hydrogens (tertiary/aromatic N) is 2. The molecule has 3 heterocycles. The Morgan fingerprint density at radius 3 is 2.77 bits per heavy atom. The highest BCUT2D eigenvalue weighted by Crippen LogP contribution is 2.45. The van der Waals surface area contributed by atoms with Crippen molar-refractivity contribution in [3.63, 3.8) is 0 Å². The molecule has 2 aromatic heterocycles. The van der Waals surface area contributed by atoms with Crippen LogP contribution in [0.2, 0.25) is 0 Å². The number of ether oxygens (including phenoxy) is 2. The molecule has 3 N–H and O–H groups in total. The van der Waals surface area contributed by atoms with Crippen LogP contribution in [0, 0.1) is 11.3 Å². The molecule has 0 amide bonds. The van der Waals surface area contributed by atoms with E-state index in [0.717, 1.165) is 22.6 Å². The Hall–Kier alpha value is -3.66. The third kappa shape index (κ3) is 2.48. The minimum atomic E-state index is -0.487. The third-order valence-corrected chi connectivity index (χ3v) is 4.22. The summed E-state index contributed by atoms with van der Waals surface area (Å²) in [6.45, 7) is 2.54. The van der Waals surface area contributed by atoms with E-state index in [0.29, 0.717) is 23.8 Å². The predicted octanol–water partition coefficient (Wildman–Crippen LogP) is 3.29. The van der Waals surface area contributed by atoms with Crippen LogP contribution >= 0.6 is 0 Å². The van der Waals surface area contributed by atoms with Crippen LogP contribution in [0.15, 0.2) is 58.5 Å². The van der Waals surface area contributed by atoms with Crippen LogP contribution in [-0.4, -0.2) is 16.8 Å². The molecule has 1 aliphatic rings. The lowest BCUT2D eigenvalue weighted by molar-refractivity contribution is 0.340. The van der Waals surface area contributed by atoms with Crippen molar-refractivity contribution < 1.29 is 13.9 Å². The minimum absolute atomic E-state index is 0.0335. The number of furan rings is 1. The number of benzene rings is 1. The third-order valence-electron chi connectivity index (χ3n) is 4.22. The van der Waals surface area contributed by atoms with Crippen molar-refractivity contribution in [2.24, 2.45) is 5.73 Å². The highest BCUT2D eigenvalue weighted by molar-refractivity contribution is 5.70. The molecule has 130 valence electrons. The van der Waals surface area contributed by atoms with E-state index in [4.69, 9.17) is 19.6 Å². The molecule has 7 nitrogen and oxygen atoms in total. The number of H-pyrrole nitrogens is 1. The van der Waals surface area contributed by atoms with Crippen LogP contribution in [0.25, 0.3) is 11.3 Å². The van der Waals surface area contributed by atoms with E-state index in [-0.39, 0.29) is 5.88 Å². The Kier molecular flexibility index (Phi) is 3.86. The lowest BCUT2D eigenvalue weighted by Crippen LogP contribution is -2.20. The van der Waals surface area contributed by atoms with Gasteiger partial charge in [0.25, 0.3) is 0 Å². The van der Waals surface area contributed by atoms with Crippen LogP contribution < -0.4 is 15.2 Å². The Labute approximate surface area is 149 Å². The van der Waals surface area contributed by atoms with E-state index < -0.39 is 5.92 Å². The highest BCUT2D eigenvalue weighted by atomic mass is 16.5. The molecule has 0 aliphatic carbocycles. The van der Waals surface area contributed by atoms with Crippen molar-refractivity contribution in [2.75, 3.05) is 6.61 Å². The zero-order chi connectivity index (χ0) is 18.1. The van der Waals surface area contributed by atoms with Crippen molar-refractivity contribution in [3.8, 4) is 29.0 Å². The van der Waals surface area contributed by atoms with Crippen LogP contribution in [-0.2, 0) is 0 Å². The quantitative estimate of drug-likeness (QED) is 0.748. The number of hydrogen-bond donors (Lipinski definition) is 2. The summed E-state index contributed by atoms with van der Waals surface area (Å²) in [4.78, 5) is 0. The first-order valence-electron chi connectivity index (χ1n) is 8.15. The molecule has 7 heteroatoms. The topological polar surface area (TPSA) is 110 Å². The Bertz CT molecular complexity index is 995. The maximum atomic E-state index is 9.59. The van der Waals surface area contributed by atoms with Gasteiger partial charge in [0.2, 0.25) is 11.8 Å². The van der Waals surface area contributed by atoms with E-state index in [1.807, 2.05) is 31.2 Å².